The third-order valence-corrected chi connectivity index (χ3v) is 4.95. The first kappa shape index (κ1) is 15.3. The van der Waals surface area contributed by atoms with Crippen LogP contribution in [0, 0.1) is 0 Å². The van der Waals surface area contributed by atoms with Gasteiger partial charge in [0.2, 0.25) is 0 Å². The molecule has 0 spiro atoms. The van der Waals surface area contributed by atoms with Gasteiger partial charge in [-0.25, -0.2) is 4.79 Å². The molecule has 0 bridgehead atoms. The van der Waals surface area contributed by atoms with Crippen molar-refractivity contribution < 1.29 is 0 Å². The molecule has 22 heavy (non-hydrogen) atoms. The van der Waals surface area contributed by atoms with Crippen molar-refractivity contribution >= 4 is 11.0 Å². The van der Waals surface area contributed by atoms with E-state index in [1.54, 1.807) is 9.13 Å². The molecular formula is C17H26N4O. The highest BCUT2D eigenvalue weighted by Crippen LogP contribution is 2.16. The number of rotatable bonds is 5. The van der Waals surface area contributed by atoms with Gasteiger partial charge in [-0.05, 0) is 43.6 Å². The first-order valence-electron chi connectivity index (χ1n) is 8.21. The van der Waals surface area contributed by atoms with Crippen LogP contribution in [0.4, 0.5) is 0 Å². The Balaban J connectivity index is 1.67. The van der Waals surface area contributed by atoms with Crippen LogP contribution in [-0.2, 0) is 20.6 Å². The summed E-state index contributed by atoms with van der Waals surface area (Å²) < 4.78 is 3.42. The molecule has 0 aliphatic carbocycles. The molecule has 5 nitrogen and oxygen atoms in total. The van der Waals surface area contributed by atoms with Crippen molar-refractivity contribution in [1.82, 2.24) is 19.4 Å². The van der Waals surface area contributed by atoms with Gasteiger partial charge in [-0.2, -0.15) is 0 Å². The van der Waals surface area contributed by atoms with Gasteiger partial charge in [-0.15, -0.1) is 0 Å². The Morgan fingerprint density at radius 1 is 1.23 bits per heavy atom. The standard InChI is InChI=1S/C17H26N4O/c1-4-21-9-5-6-14(21)12-18-11-13-7-8-15-16(10-13)20(3)17(22)19(15)2/h7-8,10,14,18H,4-6,9,11-12H2,1-3H3/t14-/m0/s1. The number of fused-ring (bicyclic) bond motifs is 1. The summed E-state index contributed by atoms with van der Waals surface area (Å²) >= 11 is 0. The molecule has 1 aliphatic rings. The third kappa shape index (κ3) is 2.71. The summed E-state index contributed by atoms with van der Waals surface area (Å²) in [7, 11) is 3.65. The first-order chi connectivity index (χ1) is 10.6. The molecule has 1 atom stereocenters. The largest absolute Gasteiger partial charge is 0.328 e. The molecule has 2 heterocycles. The Kier molecular flexibility index (Phi) is 4.36. The average Bonchev–Trinajstić information content (AvgIpc) is 3.07. The van der Waals surface area contributed by atoms with E-state index in [9.17, 15) is 4.79 Å². The molecule has 120 valence electrons. The Labute approximate surface area is 131 Å². The van der Waals surface area contributed by atoms with Crippen molar-refractivity contribution in [3.8, 4) is 0 Å². The second kappa shape index (κ2) is 6.26. The van der Waals surface area contributed by atoms with Gasteiger partial charge in [0.25, 0.3) is 0 Å². The second-order valence-electron chi connectivity index (χ2n) is 6.28. The van der Waals surface area contributed by atoms with E-state index in [1.165, 1.54) is 24.9 Å². The van der Waals surface area contributed by atoms with Gasteiger partial charge in [0, 0.05) is 33.2 Å². The lowest BCUT2D eigenvalue weighted by Gasteiger charge is -2.23. The summed E-state index contributed by atoms with van der Waals surface area (Å²) in [5, 5.41) is 3.58. The zero-order valence-electron chi connectivity index (χ0n) is 13.8. The van der Waals surface area contributed by atoms with E-state index in [0.29, 0.717) is 6.04 Å². The maximum atomic E-state index is 12.0. The number of imidazole rings is 1. The molecule has 2 aromatic rings. The highest BCUT2D eigenvalue weighted by molar-refractivity contribution is 5.76. The topological polar surface area (TPSA) is 42.2 Å². The Hall–Kier alpha value is -1.59. The SMILES string of the molecule is CCN1CCC[C@H]1CNCc1ccc2c(c1)n(C)c(=O)n2C. The fraction of sp³-hybridized carbons (Fsp3) is 0.588. The van der Waals surface area contributed by atoms with Crippen molar-refractivity contribution in [2.45, 2.75) is 32.4 Å². The molecule has 1 fully saturated rings. The van der Waals surface area contributed by atoms with Gasteiger partial charge >= 0.3 is 5.69 Å². The van der Waals surface area contributed by atoms with E-state index in [1.807, 2.05) is 20.2 Å². The number of benzene rings is 1. The fourth-order valence-corrected chi connectivity index (χ4v) is 3.59. The minimum absolute atomic E-state index is 0.0321. The molecule has 3 rings (SSSR count). The molecule has 1 saturated heterocycles. The van der Waals surface area contributed by atoms with Crippen LogP contribution in [0.2, 0.25) is 0 Å². The van der Waals surface area contributed by atoms with Crippen LogP contribution in [0.25, 0.3) is 11.0 Å². The number of hydrogen-bond donors (Lipinski definition) is 1. The van der Waals surface area contributed by atoms with Gasteiger partial charge < -0.3 is 5.32 Å². The zero-order chi connectivity index (χ0) is 15.7. The number of nitrogens with one attached hydrogen (secondary N) is 1. The number of hydrogen-bond acceptors (Lipinski definition) is 3. The smallest absolute Gasteiger partial charge is 0.311 e. The summed E-state index contributed by atoms with van der Waals surface area (Å²) in [5.41, 5.74) is 3.26. The molecule has 0 unspecified atom stereocenters. The van der Waals surface area contributed by atoms with Crippen LogP contribution >= 0.6 is 0 Å². The molecule has 0 amide bonds. The average molecular weight is 302 g/mol. The van der Waals surface area contributed by atoms with E-state index >= 15 is 0 Å². The lowest BCUT2D eigenvalue weighted by Crippen LogP contribution is -2.37. The second-order valence-corrected chi connectivity index (χ2v) is 6.28. The minimum Gasteiger partial charge on any atom is -0.311 e. The van der Waals surface area contributed by atoms with Crippen LogP contribution < -0.4 is 11.0 Å². The van der Waals surface area contributed by atoms with Gasteiger partial charge in [0.05, 0.1) is 11.0 Å². The molecular weight excluding hydrogens is 276 g/mol. The van der Waals surface area contributed by atoms with Crippen LogP contribution in [0.1, 0.15) is 25.3 Å². The molecule has 1 aromatic carbocycles. The van der Waals surface area contributed by atoms with Crippen molar-refractivity contribution in [2.75, 3.05) is 19.6 Å². The predicted octanol–water partition coefficient (Wildman–Crippen LogP) is 1.45. The lowest BCUT2D eigenvalue weighted by atomic mass is 10.1. The maximum absolute atomic E-state index is 12.0. The molecule has 0 saturated carbocycles. The Morgan fingerprint density at radius 2 is 2.00 bits per heavy atom. The van der Waals surface area contributed by atoms with Crippen LogP contribution in [0.3, 0.4) is 0 Å². The number of aromatic nitrogens is 2. The monoisotopic (exact) mass is 302 g/mol. The number of likely N-dealkylation sites (tertiary alicyclic amines) is 1. The highest BCUT2D eigenvalue weighted by Gasteiger charge is 2.22. The molecule has 1 aromatic heterocycles. The summed E-state index contributed by atoms with van der Waals surface area (Å²) in [4.78, 5) is 14.5. The van der Waals surface area contributed by atoms with E-state index in [-0.39, 0.29) is 5.69 Å². The van der Waals surface area contributed by atoms with E-state index in [2.05, 4.69) is 29.3 Å². The Morgan fingerprint density at radius 3 is 2.77 bits per heavy atom. The summed E-state index contributed by atoms with van der Waals surface area (Å²) in [6.07, 6.45) is 2.62. The van der Waals surface area contributed by atoms with Gasteiger partial charge in [-0.1, -0.05) is 13.0 Å². The fourth-order valence-electron chi connectivity index (χ4n) is 3.59. The van der Waals surface area contributed by atoms with E-state index in [0.717, 1.165) is 30.7 Å². The van der Waals surface area contributed by atoms with Crippen molar-refractivity contribution in [3.05, 3.63) is 34.2 Å². The molecule has 1 N–H and O–H groups in total. The zero-order valence-corrected chi connectivity index (χ0v) is 13.8. The normalized spacial score (nSPS) is 19.3. The van der Waals surface area contributed by atoms with Gasteiger partial charge in [-0.3, -0.25) is 14.0 Å². The van der Waals surface area contributed by atoms with E-state index < -0.39 is 0 Å². The maximum Gasteiger partial charge on any atom is 0.328 e. The molecule has 1 aliphatic heterocycles. The van der Waals surface area contributed by atoms with E-state index in [4.69, 9.17) is 0 Å². The predicted molar refractivity (Wildman–Crippen MR) is 90.1 cm³/mol. The van der Waals surface area contributed by atoms with Crippen LogP contribution in [0.15, 0.2) is 23.0 Å². The summed E-state index contributed by atoms with van der Waals surface area (Å²) in [6.45, 7) is 6.51. The summed E-state index contributed by atoms with van der Waals surface area (Å²) in [5.74, 6) is 0. The van der Waals surface area contributed by atoms with Crippen molar-refractivity contribution in [2.24, 2.45) is 14.1 Å². The van der Waals surface area contributed by atoms with Gasteiger partial charge in [0.1, 0.15) is 0 Å². The van der Waals surface area contributed by atoms with Crippen molar-refractivity contribution in [3.63, 3.8) is 0 Å². The minimum atomic E-state index is 0.0321. The molecule has 0 radical (unpaired) electrons. The van der Waals surface area contributed by atoms with Gasteiger partial charge in [0.15, 0.2) is 0 Å². The third-order valence-electron chi connectivity index (χ3n) is 4.95. The molecule has 5 heteroatoms. The summed E-state index contributed by atoms with van der Waals surface area (Å²) in [6, 6.07) is 6.95. The van der Waals surface area contributed by atoms with Crippen molar-refractivity contribution in [1.29, 1.82) is 0 Å². The number of aryl methyl sites for hydroxylation is 2. The lowest BCUT2D eigenvalue weighted by molar-refractivity contribution is 0.260. The van der Waals surface area contributed by atoms with Crippen LogP contribution in [-0.4, -0.2) is 39.7 Å². The highest BCUT2D eigenvalue weighted by atomic mass is 16.1. The quantitative estimate of drug-likeness (QED) is 0.909. The number of likely N-dealkylation sites (N-methyl/N-ethyl adjacent to an activating group) is 1. The first-order valence-corrected chi connectivity index (χ1v) is 8.21. The van der Waals surface area contributed by atoms with Crippen LogP contribution in [0.5, 0.6) is 0 Å². The Bertz CT molecular complexity index is 715. The number of nitrogens with zero attached hydrogens (tertiary/aromatic N) is 3.